The number of fused-ring (bicyclic) bond motifs is 1. The predicted molar refractivity (Wildman–Crippen MR) is 96.0 cm³/mol. The van der Waals surface area contributed by atoms with Gasteiger partial charge in [0.15, 0.2) is 11.5 Å². The minimum atomic E-state index is -3.87. The summed E-state index contributed by atoms with van der Waals surface area (Å²) in [6.45, 7) is 0.214. The smallest absolute Gasteiger partial charge is 0.243 e. The molecule has 2 aromatic rings. The van der Waals surface area contributed by atoms with Crippen LogP contribution >= 0.6 is 0 Å². The van der Waals surface area contributed by atoms with E-state index in [9.17, 15) is 12.8 Å². The summed E-state index contributed by atoms with van der Waals surface area (Å²) in [4.78, 5) is -0.316. The quantitative estimate of drug-likeness (QED) is 0.844. The number of hydrogen-bond donors (Lipinski definition) is 1. The topological polar surface area (TPSA) is 73.9 Å². The average molecular weight is 393 g/mol. The molecule has 0 saturated heterocycles. The summed E-state index contributed by atoms with van der Waals surface area (Å²) in [5.41, 5.74) is 0. The Bertz CT molecular complexity index is 925. The van der Waals surface area contributed by atoms with Crippen molar-refractivity contribution in [3.05, 3.63) is 48.3 Å². The van der Waals surface area contributed by atoms with Crippen LogP contribution in [0.25, 0.3) is 0 Å². The maximum absolute atomic E-state index is 13.8. The van der Waals surface area contributed by atoms with Crippen LogP contribution in [0.5, 0.6) is 17.2 Å². The summed E-state index contributed by atoms with van der Waals surface area (Å²) < 4.78 is 57.8. The minimum Gasteiger partial charge on any atom is -0.490 e. The SMILES string of the molecule is O=S(=O)(NC1CCC(Oc2ccc3c(c2)OCO3)CC1)c1ccccc1F. The fraction of sp³-hybridized carbons (Fsp3) is 0.368. The molecule has 1 heterocycles. The Balaban J connectivity index is 1.33. The highest BCUT2D eigenvalue weighted by molar-refractivity contribution is 7.89. The molecule has 1 aliphatic heterocycles. The van der Waals surface area contributed by atoms with Gasteiger partial charge in [-0.2, -0.15) is 0 Å². The average Bonchev–Trinajstić information content (AvgIpc) is 3.11. The maximum Gasteiger partial charge on any atom is 0.243 e. The van der Waals surface area contributed by atoms with Gasteiger partial charge in [-0.15, -0.1) is 0 Å². The van der Waals surface area contributed by atoms with Crippen LogP contribution < -0.4 is 18.9 Å². The van der Waals surface area contributed by atoms with Crippen LogP contribution in [0.1, 0.15) is 25.7 Å². The Hall–Kier alpha value is -2.32. The standard InChI is InChI=1S/C19H20FNO5S/c20-16-3-1-2-4-19(16)27(22,23)21-13-5-7-14(8-6-13)26-15-9-10-17-18(11-15)25-12-24-17/h1-4,9-11,13-14,21H,5-8,12H2. The molecule has 0 aromatic heterocycles. The van der Waals surface area contributed by atoms with Gasteiger partial charge in [0.05, 0.1) is 6.10 Å². The molecule has 6 nitrogen and oxygen atoms in total. The number of nitrogens with one attached hydrogen (secondary N) is 1. The zero-order valence-corrected chi connectivity index (χ0v) is 15.4. The molecule has 1 saturated carbocycles. The van der Waals surface area contributed by atoms with Gasteiger partial charge in [0.25, 0.3) is 0 Å². The van der Waals surface area contributed by atoms with Crippen LogP contribution in [-0.2, 0) is 10.0 Å². The Morgan fingerprint density at radius 3 is 2.52 bits per heavy atom. The molecule has 27 heavy (non-hydrogen) atoms. The summed E-state index contributed by atoms with van der Waals surface area (Å²) in [6.07, 6.45) is 2.67. The number of rotatable bonds is 5. The van der Waals surface area contributed by atoms with Crippen LogP contribution in [0.2, 0.25) is 0 Å². The highest BCUT2D eigenvalue weighted by atomic mass is 32.2. The van der Waals surface area contributed by atoms with Crippen molar-refractivity contribution in [1.29, 1.82) is 0 Å². The van der Waals surface area contributed by atoms with Crippen LogP contribution in [0.15, 0.2) is 47.4 Å². The van der Waals surface area contributed by atoms with Crippen LogP contribution in [0.4, 0.5) is 4.39 Å². The Morgan fingerprint density at radius 1 is 1.00 bits per heavy atom. The molecule has 1 fully saturated rings. The first-order chi connectivity index (χ1) is 13.0. The molecule has 0 atom stereocenters. The van der Waals surface area contributed by atoms with Gasteiger partial charge < -0.3 is 14.2 Å². The van der Waals surface area contributed by atoms with Crippen molar-refractivity contribution in [1.82, 2.24) is 4.72 Å². The highest BCUT2D eigenvalue weighted by Crippen LogP contribution is 2.36. The van der Waals surface area contributed by atoms with E-state index in [4.69, 9.17) is 14.2 Å². The van der Waals surface area contributed by atoms with E-state index in [1.54, 1.807) is 6.07 Å². The third-order valence-corrected chi connectivity index (χ3v) is 6.32. The summed E-state index contributed by atoms with van der Waals surface area (Å²) in [7, 11) is -3.87. The number of halogens is 1. The lowest BCUT2D eigenvalue weighted by Crippen LogP contribution is -2.39. The van der Waals surface area contributed by atoms with Crippen molar-refractivity contribution >= 4 is 10.0 Å². The molecule has 2 aromatic carbocycles. The summed E-state index contributed by atoms with van der Waals surface area (Å²) in [6, 6.07) is 10.6. The zero-order chi connectivity index (χ0) is 18.9. The molecule has 1 N–H and O–H groups in total. The lowest BCUT2D eigenvalue weighted by atomic mass is 9.94. The second-order valence-corrected chi connectivity index (χ2v) is 8.34. The largest absolute Gasteiger partial charge is 0.490 e. The number of hydrogen-bond acceptors (Lipinski definition) is 5. The van der Waals surface area contributed by atoms with E-state index < -0.39 is 15.8 Å². The first kappa shape index (κ1) is 18.1. The Kier molecular flexibility index (Phi) is 4.92. The van der Waals surface area contributed by atoms with E-state index in [2.05, 4.69) is 4.72 Å². The summed E-state index contributed by atoms with van der Waals surface area (Å²) >= 11 is 0. The molecule has 2 aliphatic rings. The van der Waals surface area contributed by atoms with Crippen molar-refractivity contribution in [3.63, 3.8) is 0 Å². The van der Waals surface area contributed by atoms with E-state index in [0.717, 1.165) is 6.07 Å². The number of ether oxygens (including phenoxy) is 3. The zero-order valence-electron chi connectivity index (χ0n) is 14.6. The first-order valence-corrected chi connectivity index (χ1v) is 10.3. The molecule has 0 bridgehead atoms. The van der Waals surface area contributed by atoms with Crippen molar-refractivity contribution in [3.8, 4) is 17.2 Å². The van der Waals surface area contributed by atoms with Crippen molar-refractivity contribution < 1.29 is 27.0 Å². The molecule has 0 radical (unpaired) electrons. The van der Waals surface area contributed by atoms with Gasteiger partial charge in [0.2, 0.25) is 16.8 Å². The van der Waals surface area contributed by atoms with Gasteiger partial charge in [-0.3, -0.25) is 0 Å². The van der Waals surface area contributed by atoms with Crippen molar-refractivity contribution in [2.75, 3.05) is 6.79 Å². The molecule has 4 rings (SSSR count). The molecule has 0 spiro atoms. The molecule has 0 unspecified atom stereocenters. The molecule has 144 valence electrons. The lowest BCUT2D eigenvalue weighted by Gasteiger charge is -2.29. The normalized spacial score (nSPS) is 21.8. The van der Waals surface area contributed by atoms with Crippen LogP contribution in [0.3, 0.4) is 0 Å². The molecule has 0 amide bonds. The molecule has 8 heteroatoms. The second-order valence-electron chi connectivity index (χ2n) is 6.66. The molecular formula is C19H20FNO5S. The summed E-state index contributed by atoms with van der Waals surface area (Å²) in [5, 5.41) is 0. The van der Waals surface area contributed by atoms with E-state index in [0.29, 0.717) is 42.9 Å². The van der Waals surface area contributed by atoms with Gasteiger partial charge in [-0.1, -0.05) is 12.1 Å². The first-order valence-electron chi connectivity index (χ1n) is 8.84. The maximum atomic E-state index is 13.8. The number of benzene rings is 2. The minimum absolute atomic E-state index is 0.000382. The van der Waals surface area contributed by atoms with Crippen molar-refractivity contribution in [2.45, 2.75) is 42.7 Å². The molecule has 1 aliphatic carbocycles. The fourth-order valence-electron chi connectivity index (χ4n) is 3.39. The predicted octanol–water partition coefficient (Wildman–Crippen LogP) is 3.22. The van der Waals surface area contributed by atoms with Gasteiger partial charge in [-0.05, 0) is 49.9 Å². The van der Waals surface area contributed by atoms with E-state index >= 15 is 0 Å². The summed E-state index contributed by atoms with van der Waals surface area (Å²) in [5.74, 6) is 1.33. The van der Waals surface area contributed by atoms with Gasteiger partial charge >= 0.3 is 0 Å². The lowest BCUT2D eigenvalue weighted by molar-refractivity contribution is 0.143. The Morgan fingerprint density at radius 2 is 1.74 bits per heavy atom. The van der Waals surface area contributed by atoms with Crippen LogP contribution in [0, 0.1) is 5.82 Å². The third kappa shape index (κ3) is 4.01. The van der Waals surface area contributed by atoms with Gasteiger partial charge in [-0.25, -0.2) is 17.5 Å². The van der Waals surface area contributed by atoms with Gasteiger partial charge in [0, 0.05) is 12.1 Å². The van der Waals surface area contributed by atoms with E-state index in [-0.39, 0.29) is 23.8 Å². The highest BCUT2D eigenvalue weighted by Gasteiger charge is 2.28. The van der Waals surface area contributed by atoms with E-state index in [1.165, 1.54) is 18.2 Å². The van der Waals surface area contributed by atoms with Crippen LogP contribution in [-0.4, -0.2) is 27.4 Å². The van der Waals surface area contributed by atoms with Crippen molar-refractivity contribution in [2.24, 2.45) is 0 Å². The van der Waals surface area contributed by atoms with E-state index in [1.807, 2.05) is 12.1 Å². The Labute approximate surface area is 157 Å². The monoisotopic (exact) mass is 393 g/mol. The molecular weight excluding hydrogens is 373 g/mol. The second kappa shape index (κ2) is 7.36. The van der Waals surface area contributed by atoms with Gasteiger partial charge in [0.1, 0.15) is 16.5 Å². The fourth-order valence-corrected chi connectivity index (χ4v) is 4.77. The number of sulfonamides is 1. The third-order valence-electron chi connectivity index (χ3n) is 4.77.